The lowest BCUT2D eigenvalue weighted by molar-refractivity contribution is 0.0602. The molecule has 6 nitrogen and oxygen atoms in total. The van der Waals surface area contributed by atoms with Crippen molar-refractivity contribution in [2.75, 3.05) is 12.8 Å². The van der Waals surface area contributed by atoms with Crippen molar-refractivity contribution in [1.82, 2.24) is 0 Å². The van der Waals surface area contributed by atoms with Crippen molar-refractivity contribution >= 4 is 23.0 Å². The number of aromatic hydroxyl groups is 1. The lowest BCUT2D eigenvalue weighted by atomic mass is 10.1. The van der Waals surface area contributed by atoms with Crippen molar-refractivity contribution in [1.29, 1.82) is 0 Å². The second-order valence-corrected chi connectivity index (χ2v) is 3.98. The lowest BCUT2D eigenvalue weighted by Crippen LogP contribution is -2.04. The Morgan fingerprint density at radius 1 is 1.10 bits per heavy atom. The number of anilines is 1. The molecule has 6 heteroatoms. The van der Waals surface area contributed by atoms with Gasteiger partial charge in [-0.05, 0) is 42.5 Å². The van der Waals surface area contributed by atoms with Crippen LogP contribution in [0.1, 0.15) is 10.4 Å². The molecule has 0 spiro atoms. The molecule has 0 bridgehead atoms. The van der Waals surface area contributed by atoms with Crippen LogP contribution in [0.15, 0.2) is 52.7 Å². The number of methoxy groups -OCH3 is 1. The molecule has 0 heterocycles. The van der Waals surface area contributed by atoms with Crippen LogP contribution in [0.25, 0.3) is 0 Å². The molecule has 3 N–H and O–H groups in total. The Morgan fingerprint density at radius 2 is 1.70 bits per heavy atom. The van der Waals surface area contributed by atoms with Crippen molar-refractivity contribution in [3.8, 4) is 5.75 Å². The fourth-order valence-corrected chi connectivity index (χ4v) is 1.53. The molecule has 102 valence electrons. The van der Waals surface area contributed by atoms with Crippen molar-refractivity contribution in [2.45, 2.75) is 0 Å². The Hall–Kier alpha value is -2.89. The van der Waals surface area contributed by atoms with Crippen LogP contribution < -0.4 is 5.73 Å². The van der Waals surface area contributed by atoms with Gasteiger partial charge in [-0.3, -0.25) is 0 Å². The second kappa shape index (κ2) is 5.83. The number of rotatable bonds is 3. The second-order valence-electron chi connectivity index (χ2n) is 3.98. The monoisotopic (exact) mass is 271 g/mol. The first-order valence-corrected chi connectivity index (χ1v) is 5.79. The summed E-state index contributed by atoms with van der Waals surface area (Å²) >= 11 is 0. The van der Waals surface area contributed by atoms with Crippen LogP contribution in [-0.4, -0.2) is 18.2 Å². The minimum absolute atomic E-state index is 0.157. The molecule has 0 aliphatic carbocycles. The van der Waals surface area contributed by atoms with Gasteiger partial charge in [-0.2, -0.15) is 10.2 Å². The Morgan fingerprint density at radius 3 is 2.35 bits per heavy atom. The quantitative estimate of drug-likeness (QED) is 0.509. The molecule has 0 saturated heterocycles. The number of nitrogens with two attached hydrogens (primary N) is 1. The number of benzene rings is 2. The number of nitrogen functional groups attached to an aromatic ring is 1. The van der Waals surface area contributed by atoms with Gasteiger partial charge in [0.25, 0.3) is 0 Å². The van der Waals surface area contributed by atoms with Crippen LogP contribution in [0.2, 0.25) is 0 Å². The van der Waals surface area contributed by atoms with Crippen LogP contribution in [-0.2, 0) is 4.74 Å². The molecule has 0 aliphatic rings. The van der Waals surface area contributed by atoms with E-state index < -0.39 is 5.97 Å². The summed E-state index contributed by atoms with van der Waals surface area (Å²) in [6.07, 6.45) is 0. The molecule has 0 saturated carbocycles. The third-order valence-corrected chi connectivity index (χ3v) is 2.57. The van der Waals surface area contributed by atoms with Crippen LogP contribution >= 0.6 is 0 Å². The highest BCUT2D eigenvalue weighted by Gasteiger charge is 2.10. The smallest absolute Gasteiger partial charge is 0.340 e. The Balaban J connectivity index is 2.25. The lowest BCUT2D eigenvalue weighted by Gasteiger charge is -2.03. The first-order chi connectivity index (χ1) is 9.60. The number of nitrogens with zero attached hydrogens (tertiary/aromatic N) is 2. The average Bonchev–Trinajstić information content (AvgIpc) is 2.47. The highest BCUT2D eigenvalue weighted by atomic mass is 16.5. The maximum atomic E-state index is 11.5. The van der Waals surface area contributed by atoms with Crippen molar-refractivity contribution < 1.29 is 14.6 Å². The molecule has 2 aromatic carbocycles. The van der Waals surface area contributed by atoms with E-state index in [1.165, 1.54) is 25.3 Å². The predicted octanol–water partition coefficient (Wildman–Crippen LogP) is 3.18. The first kappa shape index (κ1) is 13.5. The number of azo groups is 1. The topological polar surface area (TPSA) is 97.3 Å². The van der Waals surface area contributed by atoms with E-state index in [9.17, 15) is 4.79 Å². The van der Waals surface area contributed by atoms with Gasteiger partial charge in [0.1, 0.15) is 5.75 Å². The first-order valence-electron chi connectivity index (χ1n) is 5.79. The van der Waals surface area contributed by atoms with Crippen LogP contribution in [0.4, 0.5) is 17.1 Å². The van der Waals surface area contributed by atoms with Gasteiger partial charge in [-0.15, -0.1) is 0 Å². The maximum Gasteiger partial charge on any atom is 0.340 e. The van der Waals surface area contributed by atoms with E-state index in [4.69, 9.17) is 10.8 Å². The van der Waals surface area contributed by atoms with Crippen molar-refractivity contribution in [2.24, 2.45) is 10.2 Å². The predicted molar refractivity (Wildman–Crippen MR) is 74.5 cm³/mol. The number of hydrogen-bond donors (Lipinski definition) is 2. The zero-order valence-corrected chi connectivity index (χ0v) is 10.8. The number of ether oxygens (including phenoxy) is 1. The summed E-state index contributed by atoms with van der Waals surface area (Å²) in [5, 5.41) is 17.2. The fourth-order valence-electron chi connectivity index (χ4n) is 1.53. The van der Waals surface area contributed by atoms with Gasteiger partial charge < -0.3 is 15.6 Å². The summed E-state index contributed by atoms with van der Waals surface area (Å²) in [4.78, 5) is 11.5. The molecular formula is C14H13N3O3. The molecule has 0 aliphatic heterocycles. The van der Waals surface area contributed by atoms with E-state index >= 15 is 0 Å². The van der Waals surface area contributed by atoms with Gasteiger partial charge in [-0.25, -0.2) is 4.79 Å². The highest BCUT2D eigenvalue weighted by Crippen LogP contribution is 2.24. The standard InChI is InChI=1S/C14H13N3O3/c1-20-14(19)12-8-10(4-7-13(12)15)17-16-9-2-5-11(18)6-3-9/h2-8,18H,15H2,1H3. The van der Waals surface area contributed by atoms with Gasteiger partial charge in [0.2, 0.25) is 0 Å². The number of phenols is 1. The molecule has 0 aromatic heterocycles. The van der Waals surface area contributed by atoms with E-state index in [0.29, 0.717) is 17.1 Å². The zero-order chi connectivity index (χ0) is 14.5. The van der Waals surface area contributed by atoms with Crippen molar-refractivity contribution in [3.63, 3.8) is 0 Å². The minimum atomic E-state index is -0.524. The number of hydrogen-bond acceptors (Lipinski definition) is 6. The molecule has 2 rings (SSSR count). The Bertz CT molecular complexity index is 651. The Labute approximate surface area is 115 Å². The van der Waals surface area contributed by atoms with Crippen LogP contribution in [0.3, 0.4) is 0 Å². The molecular weight excluding hydrogens is 258 g/mol. The minimum Gasteiger partial charge on any atom is -0.508 e. The largest absolute Gasteiger partial charge is 0.508 e. The van der Waals surface area contributed by atoms with E-state index in [0.717, 1.165) is 0 Å². The van der Waals surface area contributed by atoms with Gasteiger partial charge in [0.05, 0.1) is 24.0 Å². The van der Waals surface area contributed by atoms with E-state index in [-0.39, 0.29) is 11.3 Å². The van der Waals surface area contributed by atoms with Gasteiger partial charge >= 0.3 is 5.97 Å². The summed E-state index contributed by atoms with van der Waals surface area (Å²) < 4.78 is 4.63. The van der Waals surface area contributed by atoms with Gasteiger partial charge in [0.15, 0.2) is 0 Å². The fraction of sp³-hybridized carbons (Fsp3) is 0.0714. The zero-order valence-electron chi connectivity index (χ0n) is 10.8. The van der Waals surface area contributed by atoms with Crippen molar-refractivity contribution in [3.05, 3.63) is 48.0 Å². The van der Waals surface area contributed by atoms with Gasteiger partial charge in [-0.1, -0.05) is 0 Å². The number of phenolic OH excluding ortho intramolecular Hbond substituents is 1. The maximum absolute atomic E-state index is 11.5. The SMILES string of the molecule is COC(=O)c1cc(N=Nc2ccc(O)cc2)ccc1N. The summed E-state index contributed by atoms with van der Waals surface area (Å²) in [5.41, 5.74) is 7.32. The number of esters is 1. The highest BCUT2D eigenvalue weighted by molar-refractivity contribution is 5.95. The number of carbonyl (C=O) groups excluding carboxylic acids is 1. The Kier molecular flexibility index (Phi) is 3.95. The van der Waals surface area contributed by atoms with Crippen LogP contribution in [0.5, 0.6) is 5.75 Å². The third kappa shape index (κ3) is 3.11. The summed E-state index contributed by atoms with van der Waals surface area (Å²) in [5.74, 6) is -0.367. The average molecular weight is 271 g/mol. The molecule has 2 aromatic rings. The van der Waals surface area contributed by atoms with Gasteiger partial charge in [0, 0.05) is 5.69 Å². The molecule has 0 amide bonds. The van der Waals surface area contributed by atoms with E-state index in [1.54, 1.807) is 24.3 Å². The third-order valence-electron chi connectivity index (χ3n) is 2.57. The molecule has 0 fully saturated rings. The van der Waals surface area contributed by atoms with E-state index in [2.05, 4.69) is 15.0 Å². The normalized spacial score (nSPS) is 10.7. The summed E-state index contributed by atoms with van der Waals surface area (Å²) in [6.45, 7) is 0. The molecule has 0 radical (unpaired) electrons. The molecule has 20 heavy (non-hydrogen) atoms. The van der Waals surface area contributed by atoms with Crippen LogP contribution in [0, 0.1) is 0 Å². The molecule has 0 atom stereocenters. The van der Waals surface area contributed by atoms with E-state index in [1.807, 2.05) is 0 Å². The summed E-state index contributed by atoms with van der Waals surface area (Å²) in [7, 11) is 1.28. The number of carbonyl (C=O) groups is 1. The molecule has 0 unspecified atom stereocenters. The summed E-state index contributed by atoms with van der Waals surface area (Å²) in [6, 6.07) is 11.0.